The first-order chi connectivity index (χ1) is 18.4. The molecule has 5 rings (SSSR count). The molecule has 0 spiro atoms. The number of hydrogen-bond donors (Lipinski definition) is 4. The van der Waals surface area contributed by atoms with E-state index in [1.807, 2.05) is 0 Å². The van der Waals surface area contributed by atoms with Crippen molar-refractivity contribution in [3.8, 4) is 17.2 Å². The number of pyridine rings is 2. The second-order valence-corrected chi connectivity index (χ2v) is 8.21. The van der Waals surface area contributed by atoms with Crippen LogP contribution in [0.2, 0.25) is 0 Å². The lowest BCUT2D eigenvalue weighted by atomic mass is 10.2. The van der Waals surface area contributed by atoms with Crippen LogP contribution in [0.5, 0.6) is 11.5 Å². The lowest BCUT2D eigenvalue weighted by molar-refractivity contribution is 0.102. The molecule has 12 nitrogen and oxygen atoms in total. The lowest BCUT2D eigenvalue weighted by Crippen LogP contribution is -2.29. The maximum Gasteiger partial charge on any atom is 0.284 e. The Kier molecular flexibility index (Phi) is 8.13. The van der Waals surface area contributed by atoms with E-state index in [4.69, 9.17) is 4.74 Å². The molecule has 0 unspecified atom stereocenters. The van der Waals surface area contributed by atoms with Crippen molar-refractivity contribution in [1.82, 2.24) is 29.9 Å². The number of halogens is 2. The largest absolute Gasteiger partial charge is 0.455 e. The number of aromatic amines is 1. The number of amides is 1. The van der Waals surface area contributed by atoms with Crippen molar-refractivity contribution in [2.24, 2.45) is 0 Å². The van der Waals surface area contributed by atoms with Crippen LogP contribution in [0.25, 0.3) is 16.7 Å². The van der Waals surface area contributed by atoms with Crippen LogP contribution in [0.15, 0.2) is 71.9 Å². The van der Waals surface area contributed by atoms with Gasteiger partial charge in [0.2, 0.25) is 0 Å². The number of nitrogens with one attached hydrogen (secondary N) is 3. The van der Waals surface area contributed by atoms with Crippen molar-refractivity contribution < 1.29 is 19.0 Å². The molecule has 0 saturated carbocycles. The molecule has 39 heavy (non-hydrogen) atoms. The van der Waals surface area contributed by atoms with Gasteiger partial charge in [-0.05, 0) is 49.4 Å². The predicted molar refractivity (Wildman–Crippen MR) is 143 cm³/mol. The van der Waals surface area contributed by atoms with Crippen molar-refractivity contribution in [2.75, 3.05) is 17.2 Å². The zero-order valence-corrected chi connectivity index (χ0v) is 21.1. The average molecular weight is 553 g/mol. The summed E-state index contributed by atoms with van der Waals surface area (Å²) < 4.78 is 20.2. The molecule has 0 aliphatic rings. The molecule has 1 atom stereocenters. The van der Waals surface area contributed by atoms with Crippen LogP contribution in [0.1, 0.15) is 17.3 Å². The van der Waals surface area contributed by atoms with Gasteiger partial charge in [0, 0.05) is 24.5 Å². The number of H-pyrrole nitrogens is 1. The highest BCUT2D eigenvalue weighted by molar-refractivity contribution is 6.03. The molecule has 0 fully saturated rings. The Bertz CT molecular complexity index is 1660. The molecular weight excluding hydrogens is 531 g/mol. The van der Waals surface area contributed by atoms with Gasteiger partial charge in [-0.2, -0.15) is 14.9 Å². The number of rotatable bonds is 8. The second-order valence-electron chi connectivity index (χ2n) is 8.21. The number of nitrogens with zero attached hydrogens (tertiary/aromatic N) is 5. The molecule has 0 bridgehead atoms. The summed E-state index contributed by atoms with van der Waals surface area (Å²) in [4.78, 5) is 34.0. The zero-order chi connectivity index (χ0) is 26.6. The Labute approximate surface area is 226 Å². The first-order valence-corrected chi connectivity index (χ1v) is 11.4. The summed E-state index contributed by atoms with van der Waals surface area (Å²) in [6, 6.07) is 11.0. The number of carbonyl (C=O) groups excluding carboxylic acids is 1. The van der Waals surface area contributed by atoms with Crippen LogP contribution in [-0.2, 0) is 0 Å². The highest BCUT2D eigenvalue weighted by Crippen LogP contribution is 2.33. The van der Waals surface area contributed by atoms with Crippen LogP contribution >= 0.6 is 12.4 Å². The van der Waals surface area contributed by atoms with Crippen molar-refractivity contribution in [3.05, 3.63) is 88.9 Å². The second kappa shape index (κ2) is 11.7. The number of carbonyl (C=O) groups is 1. The van der Waals surface area contributed by atoms with Gasteiger partial charge in [0.25, 0.3) is 11.5 Å². The summed E-state index contributed by atoms with van der Waals surface area (Å²) >= 11 is 0. The molecule has 0 radical (unpaired) electrons. The summed E-state index contributed by atoms with van der Waals surface area (Å²) in [7, 11) is 0. The number of aromatic nitrogens is 6. The normalized spacial score (nSPS) is 11.5. The van der Waals surface area contributed by atoms with Gasteiger partial charge in [0.15, 0.2) is 11.5 Å². The third-order valence-electron chi connectivity index (χ3n) is 5.45. The van der Waals surface area contributed by atoms with Gasteiger partial charge in [-0.1, -0.05) is 0 Å². The maximum atomic E-state index is 13.2. The van der Waals surface area contributed by atoms with Crippen molar-refractivity contribution in [1.29, 1.82) is 0 Å². The van der Waals surface area contributed by atoms with E-state index in [1.165, 1.54) is 48.8 Å². The van der Waals surface area contributed by atoms with Crippen LogP contribution in [0.4, 0.5) is 16.0 Å². The Morgan fingerprint density at radius 2 is 1.92 bits per heavy atom. The fraction of sp³-hybridized carbons (Fsp3) is 0.120. The molecule has 0 aliphatic heterocycles. The minimum absolute atomic E-state index is 0. The van der Waals surface area contributed by atoms with E-state index < -0.39 is 17.3 Å². The number of aliphatic hydroxyl groups is 1. The van der Waals surface area contributed by atoms with E-state index in [-0.39, 0.29) is 36.4 Å². The number of hydrogen-bond acceptors (Lipinski definition) is 9. The van der Waals surface area contributed by atoms with Crippen molar-refractivity contribution in [2.45, 2.75) is 13.0 Å². The Hall–Kier alpha value is -4.88. The average Bonchev–Trinajstić information content (AvgIpc) is 3.34. The molecule has 200 valence electrons. The number of benzene rings is 1. The third kappa shape index (κ3) is 5.84. The fourth-order valence-electron chi connectivity index (χ4n) is 3.57. The molecule has 0 saturated heterocycles. The SMILES string of the molecule is C[C@H](CO)Nc1n[nH]c2nccc(Oc3ccc(NC(=O)c4ccnn(-c5ccc(F)cc5)c4=O)nc3)c12.Cl. The number of ether oxygens (including phenoxy) is 1. The van der Waals surface area contributed by atoms with E-state index in [0.29, 0.717) is 34.0 Å². The standard InChI is InChI=1S/C25H21FN8O4.ClH/c1-14(13-35)30-23-21-19(9-10-27-22(21)32-33-23)38-17-6-7-20(28-12-17)31-24(36)18-8-11-29-34(25(18)37)16-4-2-15(26)3-5-16;/h2-12,14,35H,13H2,1H3,(H,28,31,36)(H2,27,30,32,33);1H/t14-;/m1./s1. The minimum Gasteiger partial charge on any atom is -0.455 e. The van der Waals surface area contributed by atoms with E-state index >= 15 is 0 Å². The Balaban J connectivity index is 0.00000353. The van der Waals surface area contributed by atoms with Gasteiger partial charge in [0.05, 0.1) is 18.5 Å². The topological polar surface area (TPSA) is 160 Å². The van der Waals surface area contributed by atoms with Gasteiger partial charge in [0.1, 0.15) is 34.1 Å². The molecule has 4 N–H and O–H groups in total. The van der Waals surface area contributed by atoms with E-state index in [1.54, 1.807) is 25.3 Å². The van der Waals surface area contributed by atoms with Crippen molar-refractivity contribution in [3.63, 3.8) is 0 Å². The maximum absolute atomic E-state index is 13.2. The summed E-state index contributed by atoms with van der Waals surface area (Å²) in [6.07, 6.45) is 4.28. The molecule has 14 heteroatoms. The summed E-state index contributed by atoms with van der Waals surface area (Å²) in [5, 5.41) is 26.6. The molecule has 4 aromatic heterocycles. The summed E-state index contributed by atoms with van der Waals surface area (Å²) in [5.74, 6) is 0.353. The Morgan fingerprint density at radius 3 is 2.64 bits per heavy atom. The van der Waals surface area contributed by atoms with Crippen LogP contribution in [-0.4, -0.2) is 53.6 Å². The molecule has 1 aromatic carbocycles. The number of aliphatic hydroxyl groups excluding tert-OH is 1. The predicted octanol–water partition coefficient (Wildman–Crippen LogP) is 3.30. The monoisotopic (exact) mass is 552 g/mol. The summed E-state index contributed by atoms with van der Waals surface area (Å²) in [5.41, 5.74) is -0.0191. The highest BCUT2D eigenvalue weighted by Gasteiger charge is 2.17. The van der Waals surface area contributed by atoms with Gasteiger partial charge in [-0.25, -0.2) is 14.4 Å². The molecule has 5 aromatic rings. The summed E-state index contributed by atoms with van der Waals surface area (Å²) in [6.45, 7) is 1.72. The van der Waals surface area contributed by atoms with Gasteiger partial charge >= 0.3 is 0 Å². The fourth-order valence-corrected chi connectivity index (χ4v) is 3.57. The smallest absolute Gasteiger partial charge is 0.284 e. The van der Waals surface area contributed by atoms with Crippen LogP contribution < -0.4 is 20.9 Å². The molecular formula is C25H22ClFN8O4. The third-order valence-corrected chi connectivity index (χ3v) is 5.45. The van der Waals surface area contributed by atoms with Crippen molar-refractivity contribution >= 4 is 41.0 Å². The first kappa shape index (κ1) is 27.2. The lowest BCUT2D eigenvalue weighted by Gasteiger charge is -2.12. The van der Waals surface area contributed by atoms with Gasteiger partial charge in [-0.3, -0.25) is 14.7 Å². The zero-order valence-electron chi connectivity index (χ0n) is 20.3. The number of fused-ring (bicyclic) bond motifs is 1. The quantitative estimate of drug-likeness (QED) is 0.226. The highest BCUT2D eigenvalue weighted by atomic mass is 35.5. The van der Waals surface area contributed by atoms with Gasteiger partial charge < -0.3 is 20.5 Å². The Morgan fingerprint density at radius 1 is 1.13 bits per heavy atom. The van der Waals surface area contributed by atoms with E-state index in [9.17, 15) is 19.1 Å². The first-order valence-electron chi connectivity index (χ1n) is 11.4. The van der Waals surface area contributed by atoms with Crippen LogP contribution in [0, 0.1) is 5.82 Å². The van der Waals surface area contributed by atoms with Crippen LogP contribution in [0.3, 0.4) is 0 Å². The molecule has 1 amide bonds. The van der Waals surface area contributed by atoms with E-state index in [2.05, 4.69) is 35.9 Å². The van der Waals surface area contributed by atoms with E-state index in [0.717, 1.165) is 4.68 Å². The molecule has 0 aliphatic carbocycles. The number of anilines is 2. The molecule has 4 heterocycles. The minimum atomic E-state index is -0.683. The van der Waals surface area contributed by atoms with Gasteiger partial charge in [-0.15, -0.1) is 12.4 Å².